The maximum atomic E-state index is 6.05. The van der Waals surface area contributed by atoms with Crippen molar-refractivity contribution in [1.82, 2.24) is 0 Å². The van der Waals surface area contributed by atoms with Crippen molar-refractivity contribution in [3.8, 4) is 0 Å². The van der Waals surface area contributed by atoms with Crippen LogP contribution in [0.2, 0.25) is 5.02 Å². The summed E-state index contributed by atoms with van der Waals surface area (Å²) in [4.78, 5) is 4.96. The second-order valence-electron chi connectivity index (χ2n) is 9.45. The van der Waals surface area contributed by atoms with E-state index < -0.39 is 0 Å². The van der Waals surface area contributed by atoms with Gasteiger partial charge in [0.15, 0.2) is 0 Å². The summed E-state index contributed by atoms with van der Waals surface area (Å²) < 4.78 is 0. The van der Waals surface area contributed by atoms with Crippen molar-refractivity contribution >= 4 is 28.7 Å². The van der Waals surface area contributed by atoms with Crippen LogP contribution in [0.3, 0.4) is 0 Å². The van der Waals surface area contributed by atoms with E-state index in [0.29, 0.717) is 6.04 Å². The van der Waals surface area contributed by atoms with Gasteiger partial charge in [-0.3, -0.25) is 0 Å². The van der Waals surface area contributed by atoms with Gasteiger partial charge in [0.25, 0.3) is 0 Å². The Labute approximate surface area is 190 Å². The summed E-state index contributed by atoms with van der Waals surface area (Å²) in [6, 6.07) is 26.4. The molecule has 1 atom stereocenters. The molecule has 3 aromatic carbocycles. The van der Waals surface area contributed by atoms with Gasteiger partial charge in [0.2, 0.25) is 0 Å². The molecule has 1 N–H and O–H groups in total. The fourth-order valence-corrected chi connectivity index (χ4v) is 5.20. The predicted molar refractivity (Wildman–Crippen MR) is 133 cm³/mol. The number of halogens is 1. The minimum absolute atomic E-state index is 0.153. The van der Waals surface area contributed by atoms with Crippen molar-refractivity contribution in [2.24, 2.45) is 5.41 Å². The normalized spacial score (nSPS) is 20.2. The van der Waals surface area contributed by atoms with E-state index >= 15 is 0 Å². The fourth-order valence-electron chi connectivity index (χ4n) is 5.07. The number of rotatable bonds is 3. The second kappa shape index (κ2) is 8.12. The van der Waals surface area contributed by atoms with Crippen LogP contribution < -0.4 is 15.1 Å². The number of para-hydroxylation sites is 1. The molecule has 1 unspecified atom stereocenters. The minimum Gasteiger partial charge on any atom is -0.377 e. The van der Waals surface area contributed by atoms with E-state index in [2.05, 4.69) is 89.6 Å². The van der Waals surface area contributed by atoms with E-state index in [1.165, 1.54) is 28.2 Å². The Kier molecular flexibility index (Phi) is 5.31. The third-order valence-corrected chi connectivity index (χ3v) is 7.04. The Morgan fingerprint density at radius 3 is 2.23 bits per heavy atom. The van der Waals surface area contributed by atoms with Crippen molar-refractivity contribution in [2.45, 2.75) is 26.3 Å². The van der Waals surface area contributed by atoms with Gasteiger partial charge in [0.05, 0.1) is 6.04 Å². The quantitative estimate of drug-likeness (QED) is 0.517. The molecule has 0 amide bonds. The zero-order valence-electron chi connectivity index (χ0n) is 18.3. The molecule has 1 fully saturated rings. The van der Waals surface area contributed by atoms with Gasteiger partial charge in [0, 0.05) is 48.3 Å². The molecule has 2 aliphatic heterocycles. The van der Waals surface area contributed by atoms with Crippen molar-refractivity contribution in [3.05, 3.63) is 88.9 Å². The zero-order chi connectivity index (χ0) is 21.4. The lowest BCUT2D eigenvalue weighted by molar-refractivity contribution is 0.295. The van der Waals surface area contributed by atoms with Gasteiger partial charge in [-0.25, -0.2) is 0 Å². The maximum Gasteiger partial charge on any atom is 0.0568 e. The van der Waals surface area contributed by atoms with Crippen molar-refractivity contribution < 1.29 is 0 Å². The standard InChI is InChI=1S/C27H30ClN3/c1-27(2)19-21-6-3-4-9-25(21)29-26(27)20-7-5-8-24(18-20)31-16-14-30(15-17-31)23-12-10-22(28)11-13-23/h3-13,18,26,29H,14-17,19H2,1-2H3. The molecule has 3 aromatic rings. The molecule has 0 aliphatic carbocycles. The van der Waals surface area contributed by atoms with Crippen LogP contribution in [-0.2, 0) is 6.42 Å². The Bertz CT molecular complexity index is 1050. The molecule has 31 heavy (non-hydrogen) atoms. The first-order valence-electron chi connectivity index (χ1n) is 11.2. The van der Waals surface area contributed by atoms with Gasteiger partial charge < -0.3 is 15.1 Å². The number of hydrogen-bond donors (Lipinski definition) is 1. The molecule has 5 rings (SSSR count). The molecule has 4 heteroatoms. The van der Waals surface area contributed by atoms with E-state index in [0.717, 1.165) is 37.6 Å². The summed E-state index contributed by atoms with van der Waals surface area (Å²) >= 11 is 6.05. The molecule has 2 aliphatic rings. The molecule has 0 aromatic heterocycles. The molecule has 0 bridgehead atoms. The zero-order valence-corrected chi connectivity index (χ0v) is 19.1. The van der Waals surface area contributed by atoms with E-state index in [4.69, 9.17) is 11.6 Å². The summed E-state index contributed by atoms with van der Waals surface area (Å²) in [7, 11) is 0. The highest BCUT2D eigenvalue weighted by Crippen LogP contribution is 2.45. The van der Waals surface area contributed by atoms with Crippen LogP contribution in [0.1, 0.15) is 31.0 Å². The van der Waals surface area contributed by atoms with Gasteiger partial charge in [0.1, 0.15) is 0 Å². The van der Waals surface area contributed by atoms with Gasteiger partial charge in [-0.2, -0.15) is 0 Å². The largest absolute Gasteiger partial charge is 0.377 e. The molecule has 160 valence electrons. The molecule has 3 nitrogen and oxygen atoms in total. The maximum absolute atomic E-state index is 6.05. The molecule has 0 radical (unpaired) electrons. The summed E-state index contributed by atoms with van der Waals surface area (Å²) in [5, 5.41) is 4.62. The number of piperazine rings is 1. The monoisotopic (exact) mass is 431 g/mol. The topological polar surface area (TPSA) is 18.5 Å². The lowest BCUT2D eigenvalue weighted by Crippen LogP contribution is -2.46. The first-order valence-corrected chi connectivity index (χ1v) is 11.6. The van der Waals surface area contributed by atoms with Crippen LogP contribution in [0, 0.1) is 5.41 Å². The summed E-state index contributed by atoms with van der Waals surface area (Å²) in [5.41, 5.74) is 6.79. The van der Waals surface area contributed by atoms with E-state index in [9.17, 15) is 0 Å². The minimum atomic E-state index is 0.153. The van der Waals surface area contributed by atoms with Crippen molar-refractivity contribution in [1.29, 1.82) is 0 Å². The number of hydrogen-bond acceptors (Lipinski definition) is 3. The highest BCUT2D eigenvalue weighted by molar-refractivity contribution is 6.30. The van der Waals surface area contributed by atoms with Gasteiger partial charge >= 0.3 is 0 Å². The predicted octanol–water partition coefficient (Wildman–Crippen LogP) is 6.40. The SMILES string of the molecule is CC1(C)Cc2ccccc2NC1c1cccc(N2CCN(c3ccc(Cl)cc3)CC2)c1. The Morgan fingerprint density at radius 2 is 1.48 bits per heavy atom. The molecule has 0 spiro atoms. The number of benzene rings is 3. The highest BCUT2D eigenvalue weighted by Gasteiger charge is 2.36. The summed E-state index contributed by atoms with van der Waals surface area (Å²) in [6.07, 6.45) is 1.09. The average molecular weight is 432 g/mol. The van der Waals surface area contributed by atoms with Crippen LogP contribution in [0.5, 0.6) is 0 Å². The number of fused-ring (bicyclic) bond motifs is 1. The highest BCUT2D eigenvalue weighted by atomic mass is 35.5. The molecule has 0 saturated carbocycles. The first kappa shape index (κ1) is 20.3. The lowest BCUT2D eigenvalue weighted by Gasteiger charge is -2.42. The third kappa shape index (κ3) is 4.12. The summed E-state index contributed by atoms with van der Waals surface area (Å²) in [5.74, 6) is 0. The van der Waals surface area contributed by atoms with Crippen LogP contribution in [-0.4, -0.2) is 26.2 Å². The third-order valence-electron chi connectivity index (χ3n) is 6.78. The summed E-state index contributed by atoms with van der Waals surface area (Å²) in [6.45, 7) is 8.84. The van der Waals surface area contributed by atoms with Crippen LogP contribution in [0.15, 0.2) is 72.8 Å². The molecule has 1 saturated heterocycles. The molecular formula is C27H30ClN3. The number of anilines is 3. The second-order valence-corrected chi connectivity index (χ2v) is 9.88. The van der Waals surface area contributed by atoms with E-state index in [-0.39, 0.29) is 5.41 Å². The van der Waals surface area contributed by atoms with Crippen LogP contribution in [0.4, 0.5) is 17.1 Å². The smallest absolute Gasteiger partial charge is 0.0568 e. The van der Waals surface area contributed by atoms with Crippen molar-refractivity contribution in [2.75, 3.05) is 41.3 Å². The van der Waals surface area contributed by atoms with Gasteiger partial charge in [-0.05, 0) is 65.4 Å². The Morgan fingerprint density at radius 1 is 0.806 bits per heavy atom. The fraction of sp³-hybridized carbons (Fsp3) is 0.333. The van der Waals surface area contributed by atoms with Crippen molar-refractivity contribution in [3.63, 3.8) is 0 Å². The molecular weight excluding hydrogens is 402 g/mol. The molecule has 2 heterocycles. The van der Waals surface area contributed by atoms with Crippen LogP contribution in [0.25, 0.3) is 0 Å². The van der Waals surface area contributed by atoms with Gasteiger partial charge in [-0.15, -0.1) is 0 Å². The first-order chi connectivity index (χ1) is 15.0. The van der Waals surface area contributed by atoms with E-state index in [1.807, 2.05) is 12.1 Å². The van der Waals surface area contributed by atoms with Crippen LogP contribution >= 0.6 is 11.6 Å². The Hall–Kier alpha value is -2.65. The van der Waals surface area contributed by atoms with E-state index in [1.54, 1.807) is 0 Å². The number of nitrogens with one attached hydrogen (secondary N) is 1. The Balaban J connectivity index is 1.32. The average Bonchev–Trinajstić information content (AvgIpc) is 2.79. The number of nitrogens with zero attached hydrogens (tertiary/aromatic N) is 2. The lowest BCUT2D eigenvalue weighted by atomic mass is 9.73. The van der Waals surface area contributed by atoms with Gasteiger partial charge in [-0.1, -0.05) is 55.8 Å².